The average Bonchev–Trinajstić information content (AvgIpc) is 2.31. The highest BCUT2D eigenvalue weighted by molar-refractivity contribution is 14.1. The molecule has 0 aliphatic carbocycles. The normalized spacial score (nSPS) is 19.3. The van der Waals surface area contributed by atoms with Gasteiger partial charge in [0.1, 0.15) is 0 Å². The lowest BCUT2D eigenvalue weighted by molar-refractivity contribution is 0.188. The number of hydrogen-bond acceptors (Lipinski definition) is 1. The van der Waals surface area contributed by atoms with Crippen LogP contribution in [0.15, 0.2) is 30.3 Å². The standard InChI is InChI=1S/C13H18IN/c14-10-12-6-8-15(9-7-12)11-13-4-2-1-3-5-13/h1-5,12H,6-11H2. The van der Waals surface area contributed by atoms with Crippen LogP contribution in [0.3, 0.4) is 0 Å². The number of hydrogen-bond donors (Lipinski definition) is 0. The van der Waals surface area contributed by atoms with Gasteiger partial charge in [0.15, 0.2) is 0 Å². The monoisotopic (exact) mass is 315 g/mol. The predicted octanol–water partition coefficient (Wildman–Crippen LogP) is 3.33. The van der Waals surface area contributed by atoms with E-state index in [9.17, 15) is 0 Å². The molecular weight excluding hydrogens is 297 g/mol. The maximum Gasteiger partial charge on any atom is 0.0233 e. The fraction of sp³-hybridized carbons (Fsp3) is 0.538. The van der Waals surface area contributed by atoms with Crippen molar-refractivity contribution in [3.63, 3.8) is 0 Å². The second-order valence-corrected chi connectivity index (χ2v) is 5.24. The number of alkyl halides is 1. The highest BCUT2D eigenvalue weighted by Crippen LogP contribution is 2.20. The molecule has 0 atom stereocenters. The molecule has 0 unspecified atom stereocenters. The van der Waals surface area contributed by atoms with Gasteiger partial charge >= 0.3 is 0 Å². The summed E-state index contributed by atoms with van der Waals surface area (Å²) in [5, 5.41) is 0. The summed E-state index contributed by atoms with van der Waals surface area (Å²) in [4.78, 5) is 2.58. The molecule has 1 fully saturated rings. The number of benzene rings is 1. The Kier molecular flexibility index (Phi) is 4.44. The van der Waals surface area contributed by atoms with E-state index in [-0.39, 0.29) is 0 Å². The predicted molar refractivity (Wildman–Crippen MR) is 73.3 cm³/mol. The Hall–Kier alpha value is -0.0900. The summed E-state index contributed by atoms with van der Waals surface area (Å²) < 4.78 is 1.33. The molecule has 1 heterocycles. The van der Waals surface area contributed by atoms with Crippen LogP contribution in [-0.4, -0.2) is 22.4 Å². The first-order valence-corrected chi connectivity index (χ1v) is 7.23. The number of likely N-dealkylation sites (tertiary alicyclic amines) is 1. The SMILES string of the molecule is ICC1CCN(Cc2ccccc2)CC1. The first-order valence-electron chi connectivity index (χ1n) is 5.70. The van der Waals surface area contributed by atoms with E-state index in [4.69, 9.17) is 0 Å². The van der Waals surface area contributed by atoms with Gasteiger partial charge < -0.3 is 0 Å². The van der Waals surface area contributed by atoms with Crippen LogP contribution in [0.4, 0.5) is 0 Å². The van der Waals surface area contributed by atoms with Crippen LogP contribution >= 0.6 is 22.6 Å². The minimum absolute atomic E-state index is 0.970. The molecule has 1 aromatic carbocycles. The number of halogens is 1. The molecule has 1 saturated heterocycles. The zero-order valence-corrected chi connectivity index (χ0v) is 11.2. The van der Waals surface area contributed by atoms with Gasteiger partial charge in [-0.2, -0.15) is 0 Å². The minimum Gasteiger partial charge on any atom is -0.299 e. The van der Waals surface area contributed by atoms with Crippen LogP contribution in [0.2, 0.25) is 0 Å². The first kappa shape index (κ1) is 11.4. The van der Waals surface area contributed by atoms with Crippen molar-refractivity contribution in [1.82, 2.24) is 4.90 Å². The van der Waals surface area contributed by atoms with Crippen LogP contribution in [0, 0.1) is 5.92 Å². The van der Waals surface area contributed by atoms with Crippen molar-refractivity contribution in [2.45, 2.75) is 19.4 Å². The van der Waals surface area contributed by atoms with Crippen LogP contribution in [0.5, 0.6) is 0 Å². The summed E-state index contributed by atoms with van der Waals surface area (Å²) >= 11 is 2.52. The van der Waals surface area contributed by atoms with Crippen molar-refractivity contribution in [2.24, 2.45) is 5.92 Å². The summed E-state index contributed by atoms with van der Waals surface area (Å²) in [6, 6.07) is 10.8. The summed E-state index contributed by atoms with van der Waals surface area (Å²) in [6.07, 6.45) is 2.77. The Morgan fingerprint density at radius 3 is 2.40 bits per heavy atom. The quantitative estimate of drug-likeness (QED) is 0.611. The molecule has 1 nitrogen and oxygen atoms in total. The molecule has 0 saturated carbocycles. The minimum atomic E-state index is 0.970. The molecule has 0 amide bonds. The van der Waals surface area contributed by atoms with E-state index in [2.05, 4.69) is 57.8 Å². The van der Waals surface area contributed by atoms with Crippen LogP contribution in [0.25, 0.3) is 0 Å². The third-order valence-electron chi connectivity index (χ3n) is 3.17. The van der Waals surface area contributed by atoms with E-state index in [1.807, 2.05) is 0 Å². The Morgan fingerprint density at radius 2 is 1.80 bits per heavy atom. The molecule has 2 rings (SSSR count). The van der Waals surface area contributed by atoms with E-state index in [0.29, 0.717) is 0 Å². The topological polar surface area (TPSA) is 3.24 Å². The van der Waals surface area contributed by atoms with E-state index in [0.717, 1.165) is 12.5 Å². The molecule has 1 aromatic rings. The lowest BCUT2D eigenvalue weighted by Crippen LogP contribution is -2.33. The third-order valence-corrected chi connectivity index (χ3v) is 4.42. The Bertz CT molecular complexity index is 278. The molecule has 1 aliphatic heterocycles. The van der Waals surface area contributed by atoms with Gasteiger partial charge in [-0.3, -0.25) is 4.90 Å². The highest BCUT2D eigenvalue weighted by Gasteiger charge is 2.17. The lowest BCUT2D eigenvalue weighted by atomic mass is 9.99. The van der Waals surface area contributed by atoms with Gasteiger partial charge in [-0.05, 0) is 37.4 Å². The molecular formula is C13H18IN. The van der Waals surface area contributed by atoms with Gasteiger partial charge in [0.05, 0.1) is 0 Å². The molecule has 15 heavy (non-hydrogen) atoms. The maximum atomic E-state index is 2.58. The van der Waals surface area contributed by atoms with Gasteiger partial charge in [-0.15, -0.1) is 0 Å². The molecule has 2 heteroatoms. The molecule has 0 bridgehead atoms. The van der Waals surface area contributed by atoms with E-state index in [1.54, 1.807) is 0 Å². The average molecular weight is 315 g/mol. The summed E-state index contributed by atoms with van der Waals surface area (Å²) in [6.45, 7) is 3.69. The number of nitrogens with zero attached hydrogens (tertiary/aromatic N) is 1. The fourth-order valence-electron chi connectivity index (χ4n) is 2.14. The number of rotatable bonds is 3. The zero-order chi connectivity index (χ0) is 10.5. The van der Waals surface area contributed by atoms with E-state index >= 15 is 0 Å². The van der Waals surface area contributed by atoms with Gasteiger partial charge in [0.2, 0.25) is 0 Å². The van der Waals surface area contributed by atoms with E-state index in [1.165, 1.54) is 35.9 Å². The molecule has 0 aromatic heterocycles. The summed E-state index contributed by atoms with van der Waals surface area (Å²) in [7, 11) is 0. The number of piperidine rings is 1. The smallest absolute Gasteiger partial charge is 0.0233 e. The highest BCUT2D eigenvalue weighted by atomic mass is 127. The van der Waals surface area contributed by atoms with Crippen molar-refractivity contribution in [3.05, 3.63) is 35.9 Å². The maximum absolute atomic E-state index is 2.58. The van der Waals surface area contributed by atoms with Crippen LogP contribution in [0.1, 0.15) is 18.4 Å². The van der Waals surface area contributed by atoms with Crippen LogP contribution < -0.4 is 0 Å². The molecule has 0 N–H and O–H groups in total. The van der Waals surface area contributed by atoms with Gasteiger partial charge in [0, 0.05) is 11.0 Å². The van der Waals surface area contributed by atoms with Crippen molar-refractivity contribution >= 4 is 22.6 Å². The Morgan fingerprint density at radius 1 is 1.13 bits per heavy atom. The largest absolute Gasteiger partial charge is 0.299 e. The van der Waals surface area contributed by atoms with Gasteiger partial charge in [-0.1, -0.05) is 52.9 Å². The zero-order valence-electron chi connectivity index (χ0n) is 9.03. The van der Waals surface area contributed by atoms with E-state index < -0.39 is 0 Å². The van der Waals surface area contributed by atoms with Crippen molar-refractivity contribution in [3.8, 4) is 0 Å². The van der Waals surface area contributed by atoms with Gasteiger partial charge in [-0.25, -0.2) is 0 Å². The molecule has 0 radical (unpaired) electrons. The van der Waals surface area contributed by atoms with Gasteiger partial charge in [0.25, 0.3) is 0 Å². The van der Waals surface area contributed by atoms with Crippen molar-refractivity contribution in [1.29, 1.82) is 0 Å². The second-order valence-electron chi connectivity index (χ2n) is 4.36. The molecule has 82 valence electrons. The lowest BCUT2D eigenvalue weighted by Gasteiger charge is -2.31. The summed E-state index contributed by atoms with van der Waals surface area (Å²) in [5.74, 6) is 0.970. The fourth-order valence-corrected chi connectivity index (χ4v) is 3.02. The first-order chi connectivity index (χ1) is 7.38. The van der Waals surface area contributed by atoms with Crippen LogP contribution in [-0.2, 0) is 6.54 Å². The Labute approximate surface area is 106 Å². The van der Waals surface area contributed by atoms with Crippen molar-refractivity contribution < 1.29 is 0 Å². The second kappa shape index (κ2) is 5.85. The Balaban J connectivity index is 1.82. The molecule has 1 aliphatic rings. The third kappa shape index (κ3) is 3.45. The molecule has 0 spiro atoms. The summed E-state index contributed by atoms with van der Waals surface area (Å²) in [5.41, 5.74) is 1.45. The van der Waals surface area contributed by atoms with Crippen molar-refractivity contribution in [2.75, 3.05) is 17.5 Å².